The van der Waals surface area contributed by atoms with Crippen LogP contribution in [-0.2, 0) is 21.4 Å². The summed E-state index contributed by atoms with van der Waals surface area (Å²) in [5, 5.41) is 3.80. The fraction of sp³-hybridized carbons (Fsp3) is 0.188. The largest absolute Gasteiger partial charge is 0.325 e. The van der Waals surface area contributed by atoms with Crippen LogP contribution in [0.25, 0.3) is 0 Å². The van der Waals surface area contributed by atoms with Gasteiger partial charge in [0, 0.05) is 17.3 Å². The average molecular weight is 422 g/mol. The maximum Gasteiger partial charge on any atom is 0.239 e. The van der Waals surface area contributed by atoms with E-state index in [2.05, 4.69) is 5.32 Å². The number of amides is 1. The SMILES string of the molecule is CS(=O)(=O)N(CC(=O)Nc1ccc(Cl)c(Cl)c1)Cc1ccc(Cl)cc1. The molecule has 2 rings (SSSR count). The minimum atomic E-state index is -3.58. The van der Waals surface area contributed by atoms with E-state index in [-0.39, 0.29) is 13.1 Å². The highest BCUT2D eigenvalue weighted by atomic mass is 35.5. The number of nitrogens with zero attached hydrogens (tertiary/aromatic N) is 1. The van der Waals surface area contributed by atoms with Crippen molar-refractivity contribution in [2.75, 3.05) is 18.1 Å². The summed E-state index contributed by atoms with van der Waals surface area (Å²) in [6.45, 7) is -0.271. The third-order valence-electron chi connectivity index (χ3n) is 3.26. The van der Waals surface area contributed by atoms with E-state index < -0.39 is 15.9 Å². The van der Waals surface area contributed by atoms with Crippen molar-refractivity contribution in [2.24, 2.45) is 0 Å². The molecule has 2 aromatic rings. The molecule has 0 heterocycles. The second-order valence-corrected chi connectivity index (χ2v) is 8.57. The molecule has 0 spiro atoms. The van der Waals surface area contributed by atoms with Gasteiger partial charge in [-0.05, 0) is 35.9 Å². The van der Waals surface area contributed by atoms with E-state index in [1.54, 1.807) is 36.4 Å². The number of sulfonamides is 1. The molecule has 0 unspecified atom stereocenters. The molecular formula is C16H15Cl3N2O3S. The normalized spacial score (nSPS) is 11.6. The van der Waals surface area contributed by atoms with E-state index in [4.69, 9.17) is 34.8 Å². The molecule has 1 N–H and O–H groups in total. The van der Waals surface area contributed by atoms with Crippen LogP contribution < -0.4 is 5.32 Å². The predicted octanol–water partition coefficient (Wildman–Crippen LogP) is 4.05. The Morgan fingerprint density at radius 3 is 2.24 bits per heavy atom. The van der Waals surface area contributed by atoms with Crippen molar-refractivity contribution in [1.29, 1.82) is 0 Å². The van der Waals surface area contributed by atoms with E-state index in [1.807, 2.05) is 0 Å². The van der Waals surface area contributed by atoms with Gasteiger partial charge in [-0.15, -0.1) is 0 Å². The van der Waals surface area contributed by atoms with Gasteiger partial charge in [-0.1, -0.05) is 46.9 Å². The van der Waals surface area contributed by atoms with Crippen molar-refractivity contribution in [2.45, 2.75) is 6.54 Å². The van der Waals surface area contributed by atoms with Crippen LogP contribution in [0.2, 0.25) is 15.1 Å². The van der Waals surface area contributed by atoms with E-state index >= 15 is 0 Å². The highest BCUT2D eigenvalue weighted by Gasteiger charge is 2.20. The molecule has 0 atom stereocenters. The molecule has 0 radical (unpaired) electrons. The van der Waals surface area contributed by atoms with E-state index in [0.717, 1.165) is 16.1 Å². The lowest BCUT2D eigenvalue weighted by Gasteiger charge is -2.19. The number of rotatable bonds is 6. The maximum absolute atomic E-state index is 12.2. The summed E-state index contributed by atoms with van der Waals surface area (Å²) in [4.78, 5) is 12.2. The van der Waals surface area contributed by atoms with Crippen molar-refractivity contribution in [3.05, 3.63) is 63.1 Å². The molecule has 0 saturated heterocycles. The lowest BCUT2D eigenvalue weighted by molar-refractivity contribution is -0.116. The topological polar surface area (TPSA) is 66.5 Å². The summed E-state index contributed by atoms with van der Waals surface area (Å²) in [6, 6.07) is 11.3. The van der Waals surface area contributed by atoms with Gasteiger partial charge in [-0.25, -0.2) is 8.42 Å². The third kappa shape index (κ3) is 6.17. The number of nitrogens with one attached hydrogen (secondary N) is 1. The monoisotopic (exact) mass is 420 g/mol. The number of carbonyl (C=O) groups is 1. The van der Waals surface area contributed by atoms with Crippen molar-refractivity contribution in [1.82, 2.24) is 4.31 Å². The number of anilines is 1. The quantitative estimate of drug-likeness (QED) is 0.765. The first-order valence-corrected chi connectivity index (χ1v) is 10.1. The smallest absolute Gasteiger partial charge is 0.239 e. The minimum absolute atomic E-state index is 0.0603. The summed E-state index contributed by atoms with van der Waals surface area (Å²) in [6.07, 6.45) is 1.05. The van der Waals surface area contributed by atoms with Gasteiger partial charge in [0.1, 0.15) is 0 Å². The van der Waals surface area contributed by atoms with E-state index in [9.17, 15) is 13.2 Å². The van der Waals surface area contributed by atoms with Crippen molar-refractivity contribution >= 4 is 56.4 Å². The lowest BCUT2D eigenvalue weighted by atomic mass is 10.2. The Morgan fingerprint density at radius 1 is 1.04 bits per heavy atom. The Kier molecular flexibility index (Phi) is 6.71. The highest BCUT2D eigenvalue weighted by molar-refractivity contribution is 7.88. The number of hydrogen-bond acceptors (Lipinski definition) is 3. The molecule has 0 fully saturated rings. The lowest BCUT2D eigenvalue weighted by Crippen LogP contribution is -2.36. The van der Waals surface area contributed by atoms with Crippen LogP contribution in [0.4, 0.5) is 5.69 Å². The zero-order valence-corrected chi connectivity index (χ0v) is 16.3. The first-order valence-electron chi connectivity index (χ1n) is 7.09. The Balaban J connectivity index is 2.09. The van der Waals surface area contributed by atoms with Gasteiger partial charge in [0.25, 0.3) is 0 Å². The average Bonchev–Trinajstić information content (AvgIpc) is 2.51. The maximum atomic E-state index is 12.2. The third-order valence-corrected chi connectivity index (χ3v) is 5.45. The van der Waals surface area contributed by atoms with Gasteiger partial charge in [-0.3, -0.25) is 4.79 Å². The molecule has 25 heavy (non-hydrogen) atoms. The fourth-order valence-electron chi connectivity index (χ4n) is 2.02. The van der Waals surface area contributed by atoms with Crippen molar-refractivity contribution < 1.29 is 13.2 Å². The summed E-state index contributed by atoms with van der Waals surface area (Å²) in [5.41, 5.74) is 1.15. The summed E-state index contributed by atoms with van der Waals surface area (Å²) in [5.74, 6) is -0.488. The second-order valence-electron chi connectivity index (χ2n) is 5.33. The van der Waals surface area contributed by atoms with Crippen LogP contribution >= 0.6 is 34.8 Å². The van der Waals surface area contributed by atoms with Crippen LogP contribution in [0, 0.1) is 0 Å². The molecule has 9 heteroatoms. The number of hydrogen-bond donors (Lipinski definition) is 1. The Hall–Kier alpha value is -1.31. The fourth-order valence-corrected chi connectivity index (χ4v) is 3.18. The highest BCUT2D eigenvalue weighted by Crippen LogP contribution is 2.25. The molecule has 0 aromatic heterocycles. The van der Waals surface area contributed by atoms with Crippen molar-refractivity contribution in [3.63, 3.8) is 0 Å². The van der Waals surface area contributed by atoms with Crippen LogP contribution in [0.3, 0.4) is 0 Å². The van der Waals surface area contributed by atoms with Crippen LogP contribution in [0.15, 0.2) is 42.5 Å². The number of carbonyl (C=O) groups excluding carboxylic acids is 1. The molecule has 0 saturated carbocycles. The van der Waals surface area contributed by atoms with Gasteiger partial charge < -0.3 is 5.32 Å². The van der Waals surface area contributed by atoms with Crippen LogP contribution in [-0.4, -0.2) is 31.4 Å². The predicted molar refractivity (Wildman–Crippen MR) is 102 cm³/mol. The molecule has 0 aliphatic heterocycles. The number of halogens is 3. The first kappa shape index (κ1) is 20.0. The van der Waals surface area contributed by atoms with Gasteiger partial charge in [-0.2, -0.15) is 4.31 Å². The summed E-state index contributed by atoms with van der Waals surface area (Å²) in [7, 11) is -3.58. The van der Waals surface area contributed by atoms with Gasteiger partial charge in [0.05, 0.1) is 22.8 Å². The van der Waals surface area contributed by atoms with Gasteiger partial charge in [0.2, 0.25) is 15.9 Å². The molecular weight excluding hydrogens is 407 g/mol. The Bertz CT molecular complexity index is 871. The summed E-state index contributed by atoms with van der Waals surface area (Å²) >= 11 is 17.5. The molecule has 1 amide bonds. The second kappa shape index (κ2) is 8.38. The number of benzene rings is 2. The molecule has 134 valence electrons. The Labute approximate surface area is 161 Å². The standard InChI is InChI=1S/C16H15Cl3N2O3S/c1-25(23,24)21(9-11-2-4-12(17)5-3-11)10-16(22)20-13-6-7-14(18)15(19)8-13/h2-8H,9-10H2,1H3,(H,20,22). The first-order chi connectivity index (χ1) is 11.6. The van der Waals surface area contributed by atoms with Crippen LogP contribution in [0.5, 0.6) is 0 Å². The Morgan fingerprint density at radius 2 is 1.68 bits per heavy atom. The van der Waals surface area contributed by atoms with Gasteiger partial charge >= 0.3 is 0 Å². The zero-order valence-electron chi connectivity index (χ0n) is 13.2. The molecule has 0 aliphatic carbocycles. The van der Waals surface area contributed by atoms with E-state index in [0.29, 0.717) is 20.8 Å². The van der Waals surface area contributed by atoms with Gasteiger partial charge in [0.15, 0.2) is 0 Å². The minimum Gasteiger partial charge on any atom is -0.325 e. The molecule has 0 bridgehead atoms. The molecule has 2 aromatic carbocycles. The molecule has 5 nitrogen and oxygen atoms in total. The van der Waals surface area contributed by atoms with E-state index in [1.165, 1.54) is 6.07 Å². The molecule has 0 aliphatic rings. The zero-order chi connectivity index (χ0) is 18.6. The summed E-state index contributed by atoms with van der Waals surface area (Å²) < 4.78 is 25.0. The van der Waals surface area contributed by atoms with Crippen LogP contribution in [0.1, 0.15) is 5.56 Å². The van der Waals surface area contributed by atoms with Crippen molar-refractivity contribution in [3.8, 4) is 0 Å².